The number of rotatable bonds is 5. The molecule has 0 aliphatic heterocycles. The smallest absolute Gasteiger partial charge is 0.0809 e. The zero-order valence-corrected chi connectivity index (χ0v) is 9.49. The van der Waals surface area contributed by atoms with E-state index in [9.17, 15) is 0 Å². The molecular weight excluding hydrogens is 180 g/mol. The van der Waals surface area contributed by atoms with Gasteiger partial charge >= 0.3 is 0 Å². The summed E-state index contributed by atoms with van der Waals surface area (Å²) < 4.78 is 5.55. The fourth-order valence-corrected chi connectivity index (χ4v) is 1.98. The second kappa shape index (κ2) is 5.40. The highest BCUT2D eigenvalue weighted by Crippen LogP contribution is 2.17. The van der Waals surface area contributed by atoms with Gasteiger partial charge < -0.3 is 4.74 Å². The normalized spacial score (nSPS) is 11.1. The second-order valence-electron chi connectivity index (χ2n) is 3.63. The summed E-state index contributed by atoms with van der Waals surface area (Å²) in [5.41, 5.74) is 0. The molecule has 74 valence electrons. The summed E-state index contributed by atoms with van der Waals surface area (Å²) in [6.07, 6.45) is 1.13. The molecule has 1 heterocycles. The van der Waals surface area contributed by atoms with Crippen LogP contribution in [0.5, 0.6) is 0 Å². The summed E-state index contributed by atoms with van der Waals surface area (Å²) in [4.78, 5) is 2.79. The summed E-state index contributed by atoms with van der Waals surface area (Å²) in [6.45, 7) is 8.17. The summed E-state index contributed by atoms with van der Waals surface area (Å²) >= 11 is 1.86. The van der Waals surface area contributed by atoms with Gasteiger partial charge in [-0.2, -0.15) is 0 Å². The minimum Gasteiger partial charge on any atom is -0.376 e. The maximum absolute atomic E-state index is 5.55. The van der Waals surface area contributed by atoms with Gasteiger partial charge in [-0.15, -0.1) is 11.3 Å². The highest BCUT2D eigenvalue weighted by atomic mass is 32.1. The van der Waals surface area contributed by atoms with Crippen LogP contribution in [0.1, 0.15) is 30.5 Å². The van der Waals surface area contributed by atoms with Gasteiger partial charge in [0.15, 0.2) is 0 Å². The number of aryl methyl sites for hydroxylation is 1. The molecule has 0 aliphatic rings. The first-order valence-electron chi connectivity index (χ1n) is 4.87. The number of thiophene rings is 1. The van der Waals surface area contributed by atoms with E-state index in [1.807, 2.05) is 11.3 Å². The third-order valence-electron chi connectivity index (χ3n) is 1.76. The summed E-state index contributed by atoms with van der Waals surface area (Å²) in [7, 11) is 0. The predicted octanol–water partition coefficient (Wildman–Crippen LogP) is 3.48. The molecule has 1 rings (SSSR count). The number of hydrogen-bond donors (Lipinski definition) is 0. The van der Waals surface area contributed by atoms with Gasteiger partial charge in [0.05, 0.1) is 6.61 Å². The van der Waals surface area contributed by atoms with Crippen LogP contribution in [0.15, 0.2) is 12.1 Å². The Bertz CT molecular complexity index is 240. The number of hydrogen-bond acceptors (Lipinski definition) is 2. The van der Waals surface area contributed by atoms with Crippen LogP contribution in [-0.4, -0.2) is 6.61 Å². The van der Waals surface area contributed by atoms with Crippen LogP contribution in [0, 0.1) is 5.92 Å². The van der Waals surface area contributed by atoms with Crippen molar-refractivity contribution in [3.05, 3.63) is 21.9 Å². The van der Waals surface area contributed by atoms with Crippen LogP contribution in [0.4, 0.5) is 0 Å². The Labute approximate surface area is 84.7 Å². The molecule has 1 aromatic rings. The lowest BCUT2D eigenvalue weighted by molar-refractivity contribution is 0.0989. The molecule has 0 aliphatic carbocycles. The molecular formula is C11H18OS. The van der Waals surface area contributed by atoms with Crippen molar-refractivity contribution in [1.29, 1.82) is 0 Å². The van der Waals surface area contributed by atoms with Crippen molar-refractivity contribution in [3.63, 3.8) is 0 Å². The van der Waals surface area contributed by atoms with E-state index in [4.69, 9.17) is 4.74 Å². The molecule has 0 bridgehead atoms. The Balaban J connectivity index is 2.28. The van der Waals surface area contributed by atoms with Gasteiger partial charge in [-0.25, -0.2) is 0 Å². The molecule has 0 saturated carbocycles. The highest BCUT2D eigenvalue weighted by Gasteiger charge is 1.99. The van der Waals surface area contributed by atoms with Gasteiger partial charge in [0.2, 0.25) is 0 Å². The van der Waals surface area contributed by atoms with Gasteiger partial charge in [-0.3, -0.25) is 0 Å². The lowest BCUT2D eigenvalue weighted by atomic mass is 10.2. The van der Waals surface area contributed by atoms with E-state index >= 15 is 0 Å². The van der Waals surface area contributed by atoms with Gasteiger partial charge in [0.1, 0.15) is 0 Å². The molecule has 2 heteroatoms. The van der Waals surface area contributed by atoms with Crippen molar-refractivity contribution >= 4 is 11.3 Å². The molecule has 0 fully saturated rings. The second-order valence-corrected chi connectivity index (χ2v) is 4.88. The minimum atomic E-state index is 0.630. The molecule has 0 atom stereocenters. The Hall–Kier alpha value is -0.340. The van der Waals surface area contributed by atoms with Gasteiger partial charge in [0.25, 0.3) is 0 Å². The Morgan fingerprint density at radius 3 is 2.54 bits per heavy atom. The van der Waals surface area contributed by atoms with Crippen LogP contribution in [-0.2, 0) is 17.8 Å². The average molecular weight is 198 g/mol. The first kappa shape index (κ1) is 10.7. The predicted molar refractivity (Wildman–Crippen MR) is 58.2 cm³/mol. The van der Waals surface area contributed by atoms with E-state index in [1.165, 1.54) is 9.75 Å². The van der Waals surface area contributed by atoms with Crippen LogP contribution in [0.2, 0.25) is 0 Å². The standard InChI is InChI=1S/C11H18OS/c1-4-10-5-6-11(13-10)8-12-7-9(2)3/h5-6,9H,4,7-8H2,1-3H3. The lowest BCUT2D eigenvalue weighted by Crippen LogP contribution is -2.00. The molecule has 0 saturated heterocycles. The minimum absolute atomic E-state index is 0.630. The van der Waals surface area contributed by atoms with Crippen LogP contribution < -0.4 is 0 Å². The van der Waals surface area contributed by atoms with Crippen molar-refractivity contribution in [2.75, 3.05) is 6.61 Å². The largest absolute Gasteiger partial charge is 0.376 e. The van der Waals surface area contributed by atoms with E-state index in [1.54, 1.807) is 0 Å². The van der Waals surface area contributed by atoms with E-state index in [2.05, 4.69) is 32.9 Å². The summed E-state index contributed by atoms with van der Waals surface area (Å²) in [5, 5.41) is 0. The van der Waals surface area contributed by atoms with Gasteiger partial charge in [0, 0.05) is 16.4 Å². The summed E-state index contributed by atoms with van der Waals surface area (Å²) in [5.74, 6) is 0.630. The maximum Gasteiger partial charge on any atom is 0.0809 e. The zero-order chi connectivity index (χ0) is 9.68. The van der Waals surface area contributed by atoms with E-state index in [0.29, 0.717) is 5.92 Å². The van der Waals surface area contributed by atoms with Crippen molar-refractivity contribution in [2.24, 2.45) is 5.92 Å². The van der Waals surface area contributed by atoms with E-state index in [-0.39, 0.29) is 0 Å². The van der Waals surface area contributed by atoms with Gasteiger partial charge in [-0.05, 0) is 24.5 Å². The quantitative estimate of drug-likeness (QED) is 0.704. The van der Waals surface area contributed by atoms with Crippen molar-refractivity contribution < 1.29 is 4.74 Å². The van der Waals surface area contributed by atoms with Crippen molar-refractivity contribution in [2.45, 2.75) is 33.8 Å². The first-order valence-corrected chi connectivity index (χ1v) is 5.69. The van der Waals surface area contributed by atoms with Crippen molar-refractivity contribution in [3.8, 4) is 0 Å². The van der Waals surface area contributed by atoms with Crippen LogP contribution in [0.3, 0.4) is 0 Å². The fourth-order valence-electron chi connectivity index (χ4n) is 1.09. The lowest BCUT2D eigenvalue weighted by Gasteiger charge is -2.04. The van der Waals surface area contributed by atoms with Gasteiger partial charge in [-0.1, -0.05) is 20.8 Å². The molecule has 0 radical (unpaired) electrons. The molecule has 0 amide bonds. The molecule has 0 unspecified atom stereocenters. The van der Waals surface area contributed by atoms with E-state index < -0.39 is 0 Å². The zero-order valence-electron chi connectivity index (χ0n) is 8.67. The fraction of sp³-hybridized carbons (Fsp3) is 0.636. The molecule has 0 N–H and O–H groups in total. The monoisotopic (exact) mass is 198 g/mol. The average Bonchev–Trinajstić information content (AvgIpc) is 2.52. The van der Waals surface area contributed by atoms with Crippen LogP contribution >= 0.6 is 11.3 Å². The highest BCUT2D eigenvalue weighted by molar-refractivity contribution is 7.11. The molecule has 1 nitrogen and oxygen atoms in total. The first-order chi connectivity index (χ1) is 6.22. The van der Waals surface area contributed by atoms with Crippen molar-refractivity contribution in [1.82, 2.24) is 0 Å². The molecule has 1 aromatic heterocycles. The molecule has 13 heavy (non-hydrogen) atoms. The summed E-state index contributed by atoms with van der Waals surface area (Å²) in [6, 6.07) is 4.36. The Kier molecular flexibility index (Phi) is 4.46. The van der Waals surface area contributed by atoms with E-state index in [0.717, 1.165) is 19.6 Å². The SMILES string of the molecule is CCc1ccc(COCC(C)C)s1. The third-order valence-corrected chi connectivity index (χ3v) is 2.96. The maximum atomic E-state index is 5.55. The Morgan fingerprint density at radius 1 is 1.31 bits per heavy atom. The molecule has 0 aromatic carbocycles. The third kappa shape index (κ3) is 3.92. The topological polar surface area (TPSA) is 9.23 Å². The Morgan fingerprint density at radius 2 is 2.00 bits per heavy atom. The number of ether oxygens (including phenoxy) is 1. The molecule has 0 spiro atoms. The van der Waals surface area contributed by atoms with Crippen LogP contribution in [0.25, 0.3) is 0 Å².